The maximum atomic E-state index is 5.72. The van der Waals surface area contributed by atoms with Crippen molar-refractivity contribution in [2.24, 2.45) is 0 Å². The van der Waals surface area contributed by atoms with Gasteiger partial charge < -0.3 is 14.8 Å². The van der Waals surface area contributed by atoms with Crippen LogP contribution in [-0.2, 0) is 0 Å². The highest BCUT2D eigenvalue weighted by molar-refractivity contribution is 9.10. The van der Waals surface area contributed by atoms with Gasteiger partial charge in [0.05, 0.1) is 7.11 Å². The Morgan fingerprint density at radius 3 is 2.55 bits per heavy atom. The first-order chi connectivity index (χ1) is 9.72. The average molecular weight is 336 g/mol. The minimum absolute atomic E-state index is 0.576. The van der Waals surface area contributed by atoms with Crippen LogP contribution in [0, 0.1) is 6.92 Å². The molecule has 0 aromatic heterocycles. The number of rotatable bonds is 6. The van der Waals surface area contributed by atoms with E-state index in [-0.39, 0.29) is 0 Å². The first-order valence-corrected chi connectivity index (χ1v) is 7.26. The SMILES string of the molecule is COc1ccccc1OCCNc1cccc(Br)c1C. The molecule has 0 saturated heterocycles. The van der Waals surface area contributed by atoms with E-state index in [2.05, 4.69) is 34.2 Å². The second-order valence-electron chi connectivity index (χ2n) is 4.34. The van der Waals surface area contributed by atoms with Crippen molar-refractivity contribution in [3.8, 4) is 11.5 Å². The van der Waals surface area contributed by atoms with E-state index in [1.807, 2.05) is 36.4 Å². The topological polar surface area (TPSA) is 30.5 Å². The molecule has 0 unspecified atom stereocenters. The van der Waals surface area contributed by atoms with Gasteiger partial charge in [-0.3, -0.25) is 0 Å². The molecule has 4 heteroatoms. The zero-order chi connectivity index (χ0) is 14.4. The molecule has 0 aliphatic heterocycles. The maximum Gasteiger partial charge on any atom is 0.161 e. The standard InChI is InChI=1S/C16H18BrNO2/c1-12-13(17)6-5-7-14(12)18-10-11-20-16-9-4-3-8-15(16)19-2/h3-9,18H,10-11H2,1-2H3. The van der Waals surface area contributed by atoms with Crippen molar-refractivity contribution in [1.82, 2.24) is 0 Å². The second kappa shape index (κ2) is 7.20. The number of ether oxygens (including phenoxy) is 2. The lowest BCUT2D eigenvalue weighted by Crippen LogP contribution is -2.12. The Balaban J connectivity index is 1.86. The average Bonchev–Trinajstić information content (AvgIpc) is 2.48. The molecule has 0 radical (unpaired) electrons. The van der Waals surface area contributed by atoms with Crippen molar-refractivity contribution < 1.29 is 9.47 Å². The molecule has 0 bridgehead atoms. The van der Waals surface area contributed by atoms with Crippen molar-refractivity contribution in [2.45, 2.75) is 6.92 Å². The Kier molecular flexibility index (Phi) is 5.30. The second-order valence-corrected chi connectivity index (χ2v) is 5.19. The van der Waals surface area contributed by atoms with Crippen LogP contribution < -0.4 is 14.8 Å². The lowest BCUT2D eigenvalue weighted by molar-refractivity contribution is 0.306. The number of nitrogens with one attached hydrogen (secondary N) is 1. The van der Waals surface area contributed by atoms with Crippen LogP contribution in [0.1, 0.15) is 5.56 Å². The Morgan fingerprint density at radius 1 is 1.05 bits per heavy atom. The molecule has 3 nitrogen and oxygen atoms in total. The largest absolute Gasteiger partial charge is 0.493 e. The summed E-state index contributed by atoms with van der Waals surface area (Å²) in [5, 5.41) is 3.37. The van der Waals surface area contributed by atoms with Crippen LogP contribution in [0.5, 0.6) is 11.5 Å². The summed E-state index contributed by atoms with van der Waals surface area (Å²) in [6.07, 6.45) is 0. The van der Waals surface area contributed by atoms with E-state index >= 15 is 0 Å². The van der Waals surface area contributed by atoms with Gasteiger partial charge in [0.25, 0.3) is 0 Å². The third kappa shape index (κ3) is 3.67. The van der Waals surface area contributed by atoms with Gasteiger partial charge in [0.1, 0.15) is 6.61 Å². The molecule has 0 amide bonds. The summed E-state index contributed by atoms with van der Waals surface area (Å²) >= 11 is 3.52. The van der Waals surface area contributed by atoms with Crippen LogP contribution in [0.15, 0.2) is 46.9 Å². The predicted molar refractivity (Wildman–Crippen MR) is 85.9 cm³/mol. The molecule has 0 aliphatic carbocycles. The van der Waals surface area contributed by atoms with Crippen molar-refractivity contribution in [2.75, 3.05) is 25.6 Å². The van der Waals surface area contributed by atoms with Gasteiger partial charge >= 0.3 is 0 Å². The molecule has 0 atom stereocenters. The molecule has 0 heterocycles. The lowest BCUT2D eigenvalue weighted by Gasteiger charge is -2.13. The van der Waals surface area contributed by atoms with Gasteiger partial charge in [0, 0.05) is 16.7 Å². The normalized spacial score (nSPS) is 10.2. The molecule has 2 rings (SSSR count). The van der Waals surface area contributed by atoms with E-state index in [0.717, 1.165) is 28.2 Å². The summed E-state index contributed by atoms with van der Waals surface area (Å²) in [5.74, 6) is 1.52. The first-order valence-electron chi connectivity index (χ1n) is 6.47. The van der Waals surface area contributed by atoms with E-state index in [1.54, 1.807) is 7.11 Å². The van der Waals surface area contributed by atoms with Gasteiger partial charge in [-0.1, -0.05) is 34.1 Å². The van der Waals surface area contributed by atoms with E-state index in [0.29, 0.717) is 6.61 Å². The number of anilines is 1. The Labute approximate surface area is 128 Å². The van der Waals surface area contributed by atoms with Gasteiger partial charge in [0.2, 0.25) is 0 Å². The van der Waals surface area contributed by atoms with Crippen LogP contribution in [0.2, 0.25) is 0 Å². The van der Waals surface area contributed by atoms with Gasteiger partial charge in [-0.2, -0.15) is 0 Å². The molecule has 0 aliphatic rings. The summed E-state index contributed by atoms with van der Waals surface area (Å²) in [5.41, 5.74) is 2.31. The van der Waals surface area contributed by atoms with Crippen molar-refractivity contribution in [3.05, 3.63) is 52.5 Å². The summed E-state index contributed by atoms with van der Waals surface area (Å²) in [4.78, 5) is 0. The number of hydrogen-bond donors (Lipinski definition) is 1. The summed E-state index contributed by atoms with van der Waals surface area (Å²) in [7, 11) is 1.64. The van der Waals surface area contributed by atoms with Crippen LogP contribution in [-0.4, -0.2) is 20.3 Å². The molecular weight excluding hydrogens is 318 g/mol. The fourth-order valence-electron chi connectivity index (χ4n) is 1.88. The van der Waals surface area contributed by atoms with E-state index in [4.69, 9.17) is 9.47 Å². The Hall–Kier alpha value is -1.68. The third-order valence-corrected chi connectivity index (χ3v) is 3.87. The van der Waals surface area contributed by atoms with Crippen LogP contribution in [0.4, 0.5) is 5.69 Å². The summed E-state index contributed by atoms with van der Waals surface area (Å²) in [6, 6.07) is 13.8. The fourth-order valence-corrected chi connectivity index (χ4v) is 2.25. The predicted octanol–water partition coefficient (Wildman–Crippen LogP) is 4.26. The van der Waals surface area contributed by atoms with Crippen LogP contribution >= 0.6 is 15.9 Å². The fraction of sp³-hybridized carbons (Fsp3) is 0.250. The zero-order valence-corrected chi connectivity index (χ0v) is 13.2. The van der Waals surface area contributed by atoms with Gasteiger partial charge in [-0.25, -0.2) is 0 Å². The summed E-state index contributed by atoms with van der Waals surface area (Å²) < 4.78 is 12.1. The molecular formula is C16H18BrNO2. The molecule has 1 N–H and O–H groups in total. The van der Waals surface area contributed by atoms with Crippen LogP contribution in [0.3, 0.4) is 0 Å². The van der Waals surface area contributed by atoms with Crippen molar-refractivity contribution in [1.29, 1.82) is 0 Å². The molecule has 0 fully saturated rings. The summed E-state index contributed by atoms with van der Waals surface area (Å²) in [6.45, 7) is 3.38. The number of halogens is 1. The lowest BCUT2D eigenvalue weighted by atomic mass is 10.2. The minimum atomic E-state index is 0.576. The van der Waals surface area contributed by atoms with E-state index < -0.39 is 0 Å². The zero-order valence-electron chi connectivity index (χ0n) is 11.7. The van der Waals surface area contributed by atoms with Crippen molar-refractivity contribution in [3.63, 3.8) is 0 Å². The van der Waals surface area contributed by atoms with Crippen LogP contribution in [0.25, 0.3) is 0 Å². The van der Waals surface area contributed by atoms with Gasteiger partial charge in [0.15, 0.2) is 11.5 Å². The smallest absolute Gasteiger partial charge is 0.161 e. The number of para-hydroxylation sites is 2. The van der Waals surface area contributed by atoms with Gasteiger partial charge in [-0.15, -0.1) is 0 Å². The Morgan fingerprint density at radius 2 is 1.80 bits per heavy atom. The highest BCUT2D eigenvalue weighted by Crippen LogP contribution is 2.26. The highest BCUT2D eigenvalue weighted by Gasteiger charge is 2.03. The highest BCUT2D eigenvalue weighted by atomic mass is 79.9. The van der Waals surface area contributed by atoms with Crippen molar-refractivity contribution >= 4 is 21.6 Å². The third-order valence-electron chi connectivity index (χ3n) is 3.01. The monoisotopic (exact) mass is 335 g/mol. The minimum Gasteiger partial charge on any atom is -0.493 e. The number of benzene rings is 2. The number of methoxy groups -OCH3 is 1. The van der Waals surface area contributed by atoms with E-state index in [1.165, 1.54) is 5.56 Å². The quantitative estimate of drug-likeness (QED) is 0.800. The molecule has 0 saturated carbocycles. The molecule has 106 valence electrons. The van der Waals surface area contributed by atoms with Gasteiger partial charge in [-0.05, 0) is 36.8 Å². The van der Waals surface area contributed by atoms with E-state index in [9.17, 15) is 0 Å². The Bertz CT molecular complexity index is 572. The molecule has 2 aromatic rings. The molecule has 0 spiro atoms. The maximum absolute atomic E-state index is 5.72. The first kappa shape index (κ1) is 14.7. The molecule has 2 aromatic carbocycles. The number of hydrogen-bond acceptors (Lipinski definition) is 3. The molecule has 20 heavy (non-hydrogen) atoms.